The van der Waals surface area contributed by atoms with Crippen molar-refractivity contribution in [3.63, 3.8) is 0 Å². The molecule has 0 unspecified atom stereocenters. The van der Waals surface area contributed by atoms with Crippen molar-refractivity contribution in [2.75, 3.05) is 0 Å². The van der Waals surface area contributed by atoms with E-state index >= 15 is 0 Å². The second-order valence-electron chi connectivity index (χ2n) is 14.7. The second kappa shape index (κ2) is 7.19. The molecule has 2 N–H and O–H groups in total. The summed E-state index contributed by atoms with van der Waals surface area (Å²) in [7, 11) is 0. The van der Waals surface area contributed by atoms with Crippen LogP contribution >= 0.6 is 0 Å². The zero-order chi connectivity index (χ0) is 25.1. The number of Topliss-reactive ketones (excluding diaryl/α,β-unsaturated/α-hetero) is 1. The Bertz CT molecular complexity index is 927. The van der Waals surface area contributed by atoms with Crippen molar-refractivity contribution in [3.8, 4) is 0 Å². The highest BCUT2D eigenvalue weighted by molar-refractivity contribution is 5.85. The number of ketones is 1. The molecule has 1 aliphatic heterocycles. The lowest BCUT2D eigenvalue weighted by Gasteiger charge is -2.61. The van der Waals surface area contributed by atoms with Crippen LogP contribution in [0.25, 0.3) is 0 Å². The molecule has 0 aromatic rings. The third kappa shape index (κ3) is 3.03. The molecule has 192 valence electrons. The molecule has 4 heteroatoms. The summed E-state index contributed by atoms with van der Waals surface area (Å²) in [5.74, 6) is 0.912. The van der Waals surface area contributed by atoms with E-state index in [1.54, 1.807) is 11.1 Å². The van der Waals surface area contributed by atoms with E-state index in [-0.39, 0.29) is 33.7 Å². The Morgan fingerprint density at radius 2 is 1.59 bits per heavy atom. The summed E-state index contributed by atoms with van der Waals surface area (Å²) in [6, 6.07) is 0. The molecular weight excluding hydrogens is 424 g/mol. The van der Waals surface area contributed by atoms with E-state index in [0.29, 0.717) is 18.1 Å². The molecule has 5 rings (SSSR count). The first-order chi connectivity index (χ1) is 15.5. The molecule has 0 radical (unpaired) electrons. The van der Waals surface area contributed by atoms with Crippen molar-refractivity contribution in [1.82, 2.24) is 0 Å². The van der Waals surface area contributed by atoms with Crippen LogP contribution in [0.1, 0.15) is 113 Å². The first-order valence-corrected chi connectivity index (χ1v) is 13.9. The maximum absolute atomic E-state index is 12.9. The van der Waals surface area contributed by atoms with E-state index in [4.69, 9.17) is 4.74 Å². The van der Waals surface area contributed by atoms with Gasteiger partial charge in [-0.2, -0.15) is 0 Å². The average Bonchev–Trinajstić information content (AvgIpc) is 3.20. The Morgan fingerprint density at radius 3 is 2.21 bits per heavy atom. The number of allylic oxidation sites excluding steroid dienone is 2. The number of hydrogen-bond acceptors (Lipinski definition) is 4. The van der Waals surface area contributed by atoms with Gasteiger partial charge in [-0.05, 0) is 94.3 Å². The zero-order valence-corrected chi connectivity index (χ0v) is 22.9. The molecule has 0 amide bonds. The number of carbonyl (C=O) groups is 1. The van der Waals surface area contributed by atoms with Gasteiger partial charge in [0.25, 0.3) is 0 Å². The Balaban J connectivity index is 1.54. The molecule has 3 fully saturated rings. The third-order valence-corrected chi connectivity index (χ3v) is 12.2. The Kier molecular flexibility index (Phi) is 5.28. The number of hydrogen-bond donors (Lipinski definition) is 2. The van der Waals surface area contributed by atoms with Gasteiger partial charge in [0, 0.05) is 17.8 Å². The smallest absolute Gasteiger partial charge is 0.138 e. The SMILES string of the molecule is CC(C)(O)[C@H]1CC[C@@](C)([C@H]2[C@@H](O)C[C@]3(C)C4=C(CC[C@]23C)[C@@]2(C)CCC(=O)C(C)(C)[C@@H]2CC4)O1. The predicted octanol–water partition coefficient (Wildman–Crippen LogP) is 5.98. The summed E-state index contributed by atoms with van der Waals surface area (Å²) < 4.78 is 6.64. The molecule has 4 nitrogen and oxygen atoms in total. The predicted molar refractivity (Wildman–Crippen MR) is 134 cm³/mol. The van der Waals surface area contributed by atoms with E-state index in [0.717, 1.165) is 51.4 Å². The summed E-state index contributed by atoms with van der Waals surface area (Å²) in [6.45, 7) is 17.5. The number of rotatable bonds is 2. The van der Waals surface area contributed by atoms with Crippen LogP contribution in [0.2, 0.25) is 0 Å². The fourth-order valence-corrected chi connectivity index (χ4v) is 10.2. The van der Waals surface area contributed by atoms with Crippen LogP contribution in [-0.2, 0) is 9.53 Å². The molecule has 0 bridgehead atoms. The molecule has 1 heterocycles. The van der Waals surface area contributed by atoms with Crippen LogP contribution in [0.3, 0.4) is 0 Å². The van der Waals surface area contributed by atoms with E-state index in [2.05, 4.69) is 41.5 Å². The van der Waals surface area contributed by atoms with Crippen LogP contribution in [0.15, 0.2) is 11.1 Å². The molecule has 8 atom stereocenters. The van der Waals surface area contributed by atoms with Crippen LogP contribution in [0.5, 0.6) is 0 Å². The third-order valence-electron chi connectivity index (χ3n) is 12.2. The van der Waals surface area contributed by atoms with Gasteiger partial charge in [-0.15, -0.1) is 0 Å². The molecule has 0 aromatic carbocycles. The Morgan fingerprint density at radius 1 is 0.912 bits per heavy atom. The fourth-order valence-electron chi connectivity index (χ4n) is 10.2. The van der Waals surface area contributed by atoms with Crippen LogP contribution in [-0.4, -0.2) is 39.4 Å². The number of aliphatic hydroxyl groups excluding tert-OH is 1. The van der Waals surface area contributed by atoms with Crippen molar-refractivity contribution in [2.24, 2.45) is 33.5 Å². The summed E-state index contributed by atoms with van der Waals surface area (Å²) in [6.07, 6.45) is 7.88. The van der Waals surface area contributed by atoms with Crippen LogP contribution in [0.4, 0.5) is 0 Å². The number of carbonyl (C=O) groups excluding carboxylic acids is 1. The highest BCUT2D eigenvalue weighted by Gasteiger charge is 2.69. The molecule has 4 aliphatic carbocycles. The van der Waals surface area contributed by atoms with E-state index < -0.39 is 17.3 Å². The van der Waals surface area contributed by atoms with Gasteiger partial charge in [0.2, 0.25) is 0 Å². The summed E-state index contributed by atoms with van der Waals surface area (Å²) in [4.78, 5) is 12.9. The van der Waals surface area contributed by atoms with Gasteiger partial charge in [-0.3, -0.25) is 4.79 Å². The van der Waals surface area contributed by atoms with E-state index in [1.165, 1.54) is 0 Å². The maximum Gasteiger partial charge on any atom is 0.138 e. The average molecular weight is 473 g/mol. The summed E-state index contributed by atoms with van der Waals surface area (Å²) >= 11 is 0. The van der Waals surface area contributed by atoms with Gasteiger partial charge in [0.15, 0.2) is 0 Å². The van der Waals surface area contributed by atoms with Gasteiger partial charge in [-0.25, -0.2) is 0 Å². The van der Waals surface area contributed by atoms with Gasteiger partial charge in [0.1, 0.15) is 5.78 Å². The first-order valence-electron chi connectivity index (χ1n) is 13.9. The standard InChI is InChI=1S/C30H48O4/c1-25(2)21-10-9-19-18(27(21,5)14-12-22(25)32)11-15-28(6)24(20(31)17-29(19,28)7)30(8)16-13-23(34-30)26(3,4)33/h20-21,23-24,31,33H,9-17H2,1-8H3/t20-,21-,23+,24-,27+,28+,29+,30-/m0/s1. The Hall–Kier alpha value is -0.710. The van der Waals surface area contributed by atoms with Gasteiger partial charge < -0.3 is 14.9 Å². The Labute approximate surface area is 206 Å². The molecule has 34 heavy (non-hydrogen) atoms. The lowest BCUT2D eigenvalue weighted by molar-refractivity contribution is -0.170. The van der Waals surface area contributed by atoms with Crippen molar-refractivity contribution >= 4 is 5.78 Å². The topological polar surface area (TPSA) is 66.8 Å². The minimum atomic E-state index is -0.869. The summed E-state index contributed by atoms with van der Waals surface area (Å²) in [5.41, 5.74) is 1.69. The van der Waals surface area contributed by atoms with Gasteiger partial charge >= 0.3 is 0 Å². The summed E-state index contributed by atoms with van der Waals surface area (Å²) in [5, 5.41) is 22.3. The van der Waals surface area contributed by atoms with Crippen LogP contribution in [0, 0.1) is 33.5 Å². The minimum absolute atomic E-state index is 0.0440. The largest absolute Gasteiger partial charge is 0.393 e. The highest BCUT2D eigenvalue weighted by Crippen LogP contribution is 2.73. The van der Waals surface area contributed by atoms with Crippen LogP contribution < -0.4 is 0 Å². The first kappa shape index (κ1) is 25.0. The van der Waals surface area contributed by atoms with Crippen molar-refractivity contribution in [2.45, 2.75) is 137 Å². The van der Waals surface area contributed by atoms with Gasteiger partial charge in [-0.1, -0.05) is 45.8 Å². The minimum Gasteiger partial charge on any atom is -0.393 e. The van der Waals surface area contributed by atoms with Crippen molar-refractivity contribution < 1.29 is 19.7 Å². The fraction of sp³-hybridized carbons (Fsp3) is 0.900. The number of fused-ring (bicyclic) bond motifs is 4. The van der Waals surface area contributed by atoms with Crippen molar-refractivity contribution in [1.29, 1.82) is 0 Å². The quantitative estimate of drug-likeness (QED) is 0.485. The molecular formula is C30H48O4. The normalized spacial score (nSPS) is 50.7. The lowest BCUT2D eigenvalue weighted by Crippen LogP contribution is -2.55. The molecule has 0 spiro atoms. The molecule has 5 aliphatic rings. The van der Waals surface area contributed by atoms with Crippen molar-refractivity contribution in [3.05, 3.63) is 11.1 Å². The van der Waals surface area contributed by atoms with E-state index in [9.17, 15) is 15.0 Å². The highest BCUT2D eigenvalue weighted by atomic mass is 16.5. The maximum atomic E-state index is 12.9. The zero-order valence-electron chi connectivity index (χ0n) is 22.9. The monoisotopic (exact) mass is 472 g/mol. The number of ether oxygens (including phenoxy) is 1. The van der Waals surface area contributed by atoms with Gasteiger partial charge in [0.05, 0.1) is 23.4 Å². The molecule has 1 saturated heterocycles. The second-order valence-corrected chi connectivity index (χ2v) is 14.7. The molecule has 2 saturated carbocycles. The van der Waals surface area contributed by atoms with E-state index in [1.807, 2.05) is 13.8 Å². The lowest BCUT2D eigenvalue weighted by atomic mass is 9.43. The number of aliphatic hydroxyl groups is 2. The molecule has 0 aromatic heterocycles.